The number of imidazole rings is 1. The van der Waals surface area contributed by atoms with Gasteiger partial charge in [-0.3, -0.25) is 0 Å². The van der Waals surface area contributed by atoms with Crippen molar-refractivity contribution in [2.45, 2.75) is 25.6 Å². The van der Waals surface area contributed by atoms with E-state index in [1.165, 1.54) is 36.4 Å². The Morgan fingerprint density at radius 2 is 1.78 bits per heavy atom. The fraction of sp³-hybridized carbons (Fsp3) is 0.190. The molecule has 2 aromatic heterocycles. The van der Waals surface area contributed by atoms with Crippen molar-refractivity contribution in [1.82, 2.24) is 19.7 Å². The third-order valence-electron chi connectivity index (χ3n) is 4.95. The fourth-order valence-corrected chi connectivity index (χ4v) is 3.43. The minimum atomic E-state index is -4.77. The molecule has 1 aliphatic heterocycles. The molecule has 0 spiro atoms. The average Bonchev–Trinajstić information content (AvgIpc) is 3.40. The summed E-state index contributed by atoms with van der Waals surface area (Å²) in [5.74, 6) is -0.305. The molecule has 0 fully saturated rings. The van der Waals surface area contributed by atoms with Gasteiger partial charge in [0.2, 0.25) is 5.82 Å². The van der Waals surface area contributed by atoms with Crippen LogP contribution in [-0.2, 0) is 17.9 Å². The lowest BCUT2D eigenvalue weighted by Gasteiger charge is -2.25. The maximum atomic E-state index is 13.2. The fourth-order valence-electron chi connectivity index (χ4n) is 3.43. The van der Waals surface area contributed by atoms with E-state index in [0.29, 0.717) is 17.8 Å². The Morgan fingerprint density at radius 3 is 2.50 bits per heavy atom. The predicted octanol–water partition coefficient (Wildman–Crippen LogP) is 4.91. The molecular formula is C21H14F4N4O3. The third kappa shape index (κ3) is 4.06. The van der Waals surface area contributed by atoms with Crippen LogP contribution in [0, 0.1) is 5.82 Å². The van der Waals surface area contributed by atoms with Gasteiger partial charge in [0, 0.05) is 5.56 Å². The van der Waals surface area contributed by atoms with Crippen molar-refractivity contribution in [2.75, 3.05) is 0 Å². The Hall–Kier alpha value is -3.73. The molecule has 0 aliphatic carbocycles. The summed E-state index contributed by atoms with van der Waals surface area (Å²) in [6, 6.07) is 11.3. The zero-order valence-corrected chi connectivity index (χ0v) is 16.2. The number of rotatable bonds is 4. The molecule has 0 N–H and O–H groups in total. The third-order valence-corrected chi connectivity index (χ3v) is 4.95. The average molecular weight is 446 g/mol. The SMILES string of the molecule is Fc1ccc([C@H]2Cn3cnc(-c4nc(-c5ccc(OC(F)(F)F)cc5)no4)c3CO2)cc1. The van der Waals surface area contributed by atoms with Crippen molar-refractivity contribution in [2.24, 2.45) is 0 Å². The highest BCUT2D eigenvalue weighted by Crippen LogP contribution is 2.32. The van der Waals surface area contributed by atoms with Gasteiger partial charge in [0.25, 0.3) is 5.89 Å². The Kier molecular flexibility index (Phi) is 4.89. The summed E-state index contributed by atoms with van der Waals surface area (Å²) in [7, 11) is 0. The van der Waals surface area contributed by atoms with E-state index in [0.717, 1.165) is 11.3 Å². The van der Waals surface area contributed by atoms with Crippen molar-refractivity contribution in [1.29, 1.82) is 0 Å². The first-order valence-electron chi connectivity index (χ1n) is 9.47. The second-order valence-electron chi connectivity index (χ2n) is 7.04. The highest BCUT2D eigenvalue weighted by atomic mass is 19.4. The lowest BCUT2D eigenvalue weighted by atomic mass is 10.1. The van der Waals surface area contributed by atoms with Crippen LogP contribution >= 0.6 is 0 Å². The molecule has 5 rings (SSSR count). The summed E-state index contributed by atoms with van der Waals surface area (Å²) >= 11 is 0. The number of hydrogen-bond acceptors (Lipinski definition) is 6. The Balaban J connectivity index is 1.34. The molecule has 7 nitrogen and oxygen atoms in total. The monoisotopic (exact) mass is 446 g/mol. The Bertz CT molecular complexity index is 1230. The number of ether oxygens (including phenoxy) is 2. The zero-order chi connectivity index (χ0) is 22.3. The molecule has 1 atom stereocenters. The van der Waals surface area contributed by atoms with Gasteiger partial charge in [-0.05, 0) is 42.0 Å². The van der Waals surface area contributed by atoms with Gasteiger partial charge >= 0.3 is 6.36 Å². The Labute approximate surface area is 178 Å². The predicted molar refractivity (Wildman–Crippen MR) is 102 cm³/mol. The van der Waals surface area contributed by atoms with Crippen LogP contribution in [0.25, 0.3) is 23.0 Å². The maximum Gasteiger partial charge on any atom is 0.573 e. The topological polar surface area (TPSA) is 75.2 Å². The van der Waals surface area contributed by atoms with Gasteiger partial charge in [-0.15, -0.1) is 13.2 Å². The second kappa shape index (κ2) is 7.75. The van der Waals surface area contributed by atoms with Crippen LogP contribution < -0.4 is 4.74 Å². The van der Waals surface area contributed by atoms with Crippen LogP contribution in [0.3, 0.4) is 0 Å². The zero-order valence-electron chi connectivity index (χ0n) is 16.2. The van der Waals surface area contributed by atoms with Gasteiger partial charge in [0.1, 0.15) is 17.7 Å². The highest BCUT2D eigenvalue weighted by molar-refractivity contribution is 5.59. The summed E-state index contributed by atoms with van der Waals surface area (Å²) in [5, 5.41) is 3.89. The standard InChI is InChI=1S/C21H14F4N4O3/c22-14-5-1-12(2-6-14)17-9-29-11-26-18(16(29)10-30-17)20-27-19(28-32-20)13-3-7-15(8-4-13)31-21(23,24)25/h1-8,11,17H,9-10H2/t17-/m1/s1. The first-order chi connectivity index (χ1) is 15.4. The van der Waals surface area contributed by atoms with Crippen molar-refractivity contribution < 1.29 is 31.6 Å². The normalized spacial score (nSPS) is 16.1. The minimum absolute atomic E-state index is 0.160. The molecule has 1 aliphatic rings. The number of nitrogens with zero attached hydrogens (tertiary/aromatic N) is 4. The largest absolute Gasteiger partial charge is 0.573 e. The number of hydrogen-bond donors (Lipinski definition) is 0. The van der Waals surface area contributed by atoms with Gasteiger partial charge in [-0.25, -0.2) is 9.37 Å². The summed E-state index contributed by atoms with van der Waals surface area (Å²) in [6.45, 7) is 0.716. The van der Waals surface area contributed by atoms with Crippen molar-refractivity contribution in [3.8, 4) is 28.7 Å². The van der Waals surface area contributed by atoms with Gasteiger partial charge in [-0.2, -0.15) is 4.98 Å². The molecule has 32 heavy (non-hydrogen) atoms. The molecule has 164 valence electrons. The molecule has 11 heteroatoms. The van der Waals surface area contributed by atoms with Crippen molar-refractivity contribution in [3.05, 3.63) is 71.9 Å². The highest BCUT2D eigenvalue weighted by Gasteiger charge is 2.31. The van der Waals surface area contributed by atoms with E-state index in [1.807, 2.05) is 4.57 Å². The summed E-state index contributed by atoms with van der Waals surface area (Å²) in [6.07, 6.45) is -3.38. The molecular weight excluding hydrogens is 432 g/mol. The summed E-state index contributed by atoms with van der Waals surface area (Å²) in [5.41, 5.74) is 2.51. The van der Waals surface area contributed by atoms with E-state index in [-0.39, 0.29) is 36.0 Å². The van der Waals surface area contributed by atoms with Crippen LogP contribution in [0.15, 0.2) is 59.4 Å². The van der Waals surface area contributed by atoms with Crippen LogP contribution in [0.4, 0.5) is 17.6 Å². The van der Waals surface area contributed by atoms with E-state index in [4.69, 9.17) is 9.26 Å². The van der Waals surface area contributed by atoms with Crippen molar-refractivity contribution in [3.63, 3.8) is 0 Å². The number of halogens is 4. The first-order valence-corrected chi connectivity index (χ1v) is 9.47. The molecule has 0 radical (unpaired) electrons. The minimum Gasteiger partial charge on any atom is -0.406 e. The van der Waals surface area contributed by atoms with E-state index < -0.39 is 6.36 Å². The van der Waals surface area contributed by atoms with Gasteiger partial charge in [0.05, 0.1) is 25.2 Å². The van der Waals surface area contributed by atoms with E-state index in [9.17, 15) is 17.6 Å². The molecule has 0 bridgehead atoms. The van der Waals surface area contributed by atoms with E-state index >= 15 is 0 Å². The molecule has 4 aromatic rings. The van der Waals surface area contributed by atoms with Crippen LogP contribution in [0.1, 0.15) is 17.4 Å². The first kappa shape index (κ1) is 20.2. The number of benzene rings is 2. The van der Waals surface area contributed by atoms with Gasteiger partial charge < -0.3 is 18.6 Å². The number of alkyl halides is 3. The summed E-state index contributed by atoms with van der Waals surface area (Å²) < 4.78 is 67.1. The molecule has 0 unspecified atom stereocenters. The number of aromatic nitrogens is 4. The van der Waals surface area contributed by atoms with Gasteiger partial charge in [0.15, 0.2) is 5.69 Å². The smallest absolute Gasteiger partial charge is 0.406 e. The molecule has 0 saturated carbocycles. The lowest BCUT2D eigenvalue weighted by molar-refractivity contribution is -0.274. The van der Waals surface area contributed by atoms with Crippen LogP contribution in [0.2, 0.25) is 0 Å². The quantitative estimate of drug-likeness (QED) is 0.415. The maximum absolute atomic E-state index is 13.2. The second-order valence-corrected chi connectivity index (χ2v) is 7.04. The molecule has 3 heterocycles. The molecule has 0 amide bonds. The molecule has 0 saturated heterocycles. The van der Waals surface area contributed by atoms with Crippen molar-refractivity contribution >= 4 is 0 Å². The van der Waals surface area contributed by atoms with E-state index in [1.54, 1.807) is 18.5 Å². The van der Waals surface area contributed by atoms with Crippen LogP contribution in [0.5, 0.6) is 5.75 Å². The number of fused-ring (bicyclic) bond motifs is 1. The van der Waals surface area contributed by atoms with Crippen LogP contribution in [-0.4, -0.2) is 26.1 Å². The van der Waals surface area contributed by atoms with Gasteiger partial charge in [-0.1, -0.05) is 17.3 Å². The Morgan fingerprint density at radius 1 is 1.03 bits per heavy atom. The molecule has 2 aromatic carbocycles. The van der Waals surface area contributed by atoms with E-state index in [2.05, 4.69) is 19.9 Å². The lowest BCUT2D eigenvalue weighted by Crippen LogP contribution is -2.20. The summed E-state index contributed by atoms with van der Waals surface area (Å²) in [4.78, 5) is 8.66.